The normalized spacial score (nSPS) is 10.6. The second-order valence-corrected chi connectivity index (χ2v) is 3.63. The van der Waals surface area contributed by atoms with Crippen LogP contribution in [0.2, 0.25) is 0 Å². The second kappa shape index (κ2) is 5.12. The third-order valence-electron chi connectivity index (χ3n) is 2.20. The van der Waals surface area contributed by atoms with Gasteiger partial charge < -0.3 is 4.42 Å². The maximum atomic E-state index is 11.7. The fourth-order valence-electron chi connectivity index (χ4n) is 1.36. The van der Waals surface area contributed by atoms with Gasteiger partial charge in [-0.2, -0.15) is 5.10 Å². The predicted molar refractivity (Wildman–Crippen MR) is 64.9 cm³/mol. The molecule has 0 aliphatic carbocycles. The van der Waals surface area contributed by atoms with Crippen molar-refractivity contribution >= 4 is 12.1 Å². The van der Waals surface area contributed by atoms with Crippen LogP contribution in [0.4, 0.5) is 0 Å². The first kappa shape index (κ1) is 11.1. The molecule has 1 heterocycles. The van der Waals surface area contributed by atoms with Crippen LogP contribution in [-0.4, -0.2) is 12.1 Å². The fraction of sp³-hybridized carbons (Fsp3) is 0.0769. The van der Waals surface area contributed by atoms with E-state index in [9.17, 15) is 4.79 Å². The van der Waals surface area contributed by atoms with E-state index >= 15 is 0 Å². The molecule has 2 aromatic rings. The number of benzene rings is 1. The Kier molecular flexibility index (Phi) is 3.35. The first-order valence-electron chi connectivity index (χ1n) is 5.18. The Balaban J connectivity index is 1.98. The number of hydrogen-bond acceptors (Lipinski definition) is 3. The summed E-state index contributed by atoms with van der Waals surface area (Å²) in [5, 5.41) is 3.84. The van der Waals surface area contributed by atoms with E-state index in [0.717, 1.165) is 11.1 Å². The lowest BCUT2D eigenvalue weighted by Gasteiger charge is -2.00. The number of nitrogens with zero attached hydrogens (tertiary/aromatic N) is 1. The molecule has 86 valence electrons. The van der Waals surface area contributed by atoms with Crippen molar-refractivity contribution in [2.24, 2.45) is 5.10 Å². The van der Waals surface area contributed by atoms with E-state index in [1.807, 2.05) is 25.1 Å². The van der Waals surface area contributed by atoms with Gasteiger partial charge in [0.2, 0.25) is 0 Å². The van der Waals surface area contributed by atoms with E-state index in [4.69, 9.17) is 4.42 Å². The Morgan fingerprint density at radius 2 is 2.29 bits per heavy atom. The number of hydrazone groups is 1. The van der Waals surface area contributed by atoms with Gasteiger partial charge in [-0.3, -0.25) is 4.79 Å². The maximum absolute atomic E-state index is 11.7. The number of carbonyl (C=O) groups is 1. The van der Waals surface area contributed by atoms with Crippen molar-refractivity contribution in [1.82, 2.24) is 5.43 Å². The van der Waals surface area contributed by atoms with Gasteiger partial charge in [0.15, 0.2) is 0 Å². The lowest BCUT2D eigenvalue weighted by Crippen LogP contribution is -2.17. The highest BCUT2D eigenvalue weighted by atomic mass is 16.3. The number of carbonyl (C=O) groups excluding carboxylic acids is 1. The second-order valence-electron chi connectivity index (χ2n) is 3.63. The number of rotatable bonds is 3. The van der Waals surface area contributed by atoms with Crippen LogP contribution in [0.1, 0.15) is 21.5 Å². The third kappa shape index (κ3) is 3.04. The van der Waals surface area contributed by atoms with E-state index in [1.165, 1.54) is 6.21 Å². The van der Waals surface area contributed by atoms with Crippen LogP contribution in [0, 0.1) is 6.92 Å². The van der Waals surface area contributed by atoms with Gasteiger partial charge in [0, 0.05) is 11.1 Å². The molecule has 0 bridgehead atoms. The van der Waals surface area contributed by atoms with E-state index in [2.05, 4.69) is 10.5 Å². The van der Waals surface area contributed by atoms with Gasteiger partial charge >= 0.3 is 0 Å². The number of furan rings is 1. The molecule has 4 nitrogen and oxygen atoms in total. The zero-order valence-electron chi connectivity index (χ0n) is 9.38. The highest BCUT2D eigenvalue weighted by molar-refractivity contribution is 5.94. The van der Waals surface area contributed by atoms with Crippen molar-refractivity contribution in [2.45, 2.75) is 6.92 Å². The van der Waals surface area contributed by atoms with Crippen LogP contribution in [-0.2, 0) is 0 Å². The monoisotopic (exact) mass is 228 g/mol. The van der Waals surface area contributed by atoms with Gasteiger partial charge in [0.25, 0.3) is 5.91 Å². The molecule has 1 N–H and O–H groups in total. The van der Waals surface area contributed by atoms with Crippen molar-refractivity contribution in [3.8, 4) is 0 Å². The van der Waals surface area contributed by atoms with Gasteiger partial charge in [-0.25, -0.2) is 5.43 Å². The SMILES string of the molecule is Cc1cccc(C(=O)N/N=C/c2ccoc2)c1. The van der Waals surface area contributed by atoms with E-state index < -0.39 is 0 Å². The Morgan fingerprint density at radius 1 is 1.41 bits per heavy atom. The fourth-order valence-corrected chi connectivity index (χ4v) is 1.36. The number of nitrogens with one attached hydrogen (secondary N) is 1. The summed E-state index contributed by atoms with van der Waals surface area (Å²) in [7, 11) is 0. The Hall–Kier alpha value is -2.36. The van der Waals surface area contributed by atoms with Crippen LogP contribution < -0.4 is 5.43 Å². The standard InChI is InChI=1S/C13H12N2O2/c1-10-3-2-4-12(7-10)13(16)15-14-8-11-5-6-17-9-11/h2-9H,1H3,(H,15,16)/b14-8+. The van der Waals surface area contributed by atoms with Gasteiger partial charge in [-0.05, 0) is 25.1 Å². The zero-order valence-corrected chi connectivity index (χ0v) is 9.38. The first-order valence-corrected chi connectivity index (χ1v) is 5.18. The molecule has 2 rings (SSSR count). The summed E-state index contributed by atoms with van der Waals surface area (Å²) in [6.07, 6.45) is 4.61. The summed E-state index contributed by atoms with van der Waals surface area (Å²) < 4.78 is 4.87. The number of amides is 1. The summed E-state index contributed by atoms with van der Waals surface area (Å²) in [6.45, 7) is 1.94. The molecule has 0 aliphatic rings. The molecule has 1 aromatic carbocycles. The Morgan fingerprint density at radius 3 is 3.00 bits per heavy atom. The summed E-state index contributed by atoms with van der Waals surface area (Å²) >= 11 is 0. The lowest BCUT2D eigenvalue weighted by atomic mass is 10.1. The van der Waals surface area contributed by atoms with Crippen molar-refractivity contribution < 1.29 is 9.21 Å². The molecular weight excluding hydrogens is 216 g/mol. The molecule has 0 saturated heterocycles. The molecule has 0 aliphatic heterocycles. The van der Waals surface area contributed by atoms with Crippen LogP contribution in [0.3, 0.4) is 0 Å². The van der Waals surface area contributed by atoms with Crippen LogP contribution >= 0.6 is 0 Å². The number of aryl methyl sites for hydroxylation is 1. The Bertz CT molecular complexity index is 530. The van der Waals surface area contributed by atoms with Crippen LogP contribution in [0.25, 0.3) is 0 Å². The molecule has 1 amide bonds. The molecule has 0 saturated carbocycles. The van der Waals surface area contributed by atoms with Crippen LogP contribution in [0.15, 0.2) is 52.4 Å². The molecular formula is C13H12N2O2. The molecule has 0 spiro atoms. The average molecular weight is 228 g/mol. The van der Waals surface area contributed by atoms with Crippen molar-refractivity contribution in [2.75, 3.05) is 0 Å². The summed E-state index contributed by atoms with van der Waals surface area (Å²) in [5.74, 6) is -0.228. The summed E-state index contributed by atoms with van der Waals surface area (Å²) in [4.78, 5) is 11.7. The van der Waals surface area contributed by atoms with Gasteiger partial charge in [0.1, 0.15) is 0 Å². The molecule has 4 heteroatoms. The zero-order chi connectivity index (χ0) is 12.1. The number of hydrogen-bond donors (Lipinski definition) is 1. The molecule has 0 atom stereocenters. The quantitative estimate of drug-likeness (QED) is 0.647. The highest BCUT2D eigenvalue weighted by Crippen LogP contribution is 2.03. The van der Waals surface area contributed by atoms with Crippen molar-refractivity contribution in [3.63, 3.8) is 0 Å². The predicted octanol–water partition coefficient (Wildman–Crippen LogP) is 2.35. The largest absolute Gasteiger partial charge is 0.472 e. The van der Waals surface area contributed by atoms with Crippen molar-refractivity contribution in [3.05, 3.63) is 59.5 Å². The van der Waals surface area contributed by atoms with Gasteiger partial charge in [-0.15, -0.1) is 0 Å². The highest BCUT2D eigenvalue weighted by Gasteiger charge is 2.02. The van der Waals surface area contributed by atoms with Crippen molar-refractivity contribution in [1.29, 1.82) is 0 Å². The van der Waals surface area contributed by atoms with Crippen LogP contribution in [0.5, 0.6) is 0 Å². The minimum absolute atomic E-state index is 0.228. The van der Waals surface area contributed by atoms with Gasteiger partial charge in [0.05, 0.1) is 18.7 Å². The van der Waals surface area contributed by atoms with E-state index in [1.54, 1.807) is 24.7 Å². The Labute approximate surface area is 99.0 Å². The summed E-state index contributed by atoms with van der Waals surface area (Å²) in [6, 6.07) is 9.08. The topological polar surface area (TPSA) is 54.6 Å². The lowest BCUT2D eigenvalue weighted by molar-refractivity contribution is 0.0955. The summed E-state index contributed by atoms with van der Waals surface area (Å²) in [5.41, 5.74) is 4.88. The van der Waals surface area contributed by atoms with Gasteiger partial charge in [-0.1, -0.05) is 17.7 Å². The smallest absolute Gasteiger partial charge is 0.271 e. The molecule has 17 heavy (non-hydrogen) atoms. The molecule has 0 unspecified atom stereocenters. The minimum atomic E-state index is -0.228. The first-order chi connectivity index (χ1) is 8.25. The minimum Gasteiger partial charge on any atom is -0.472 e. The average Bonchev–Trinajstić information content (AvgIpc) is 2.82. The maximum Gasteiger partial charge on any atom is 0.271 e. The van der Waals surface area contributed by atoms with E-state index in [0.29, 0.717) is 5.56 Å². The third-order valence-corrected chi connectivity index (χ3v) is 2.20. The molecule has 0 fully saturated rings. The molecule has 0 radical (unpaired) electrons. The molecule has 1 aromatic heterocycles. The van der Waals surface area contributed by atoms with E-state index in [-0.39, 0.29) is 5.91 Å².